The molecule has 0 aromatic rings. The fraction of sp³-hybridized carbons (Fsp3) is 1.00. The van der Waals surface area contributed by atoms with Crippen LogP contribution in [0.1, 0.15) is 13.8 Å². The lowest BCUT2D eigenvalue weighted by molar-refractivity contribution is 0.752. The van der Waals surface area contributed by atoms with E-state index in [9.17, 15) is 0 Å². The van der Waals surface area contributed by atoms with E-state index in [1.165, 1.54) is 7.55 Å². The molecule has 0 saturated heterocycles. The fourth-order valence-corrected chi connectivity index (χ4v) is 0.192. The largest absolute Gasteiger partial charge is 0.360 e. The summed E-state index contributed by atoms with van der Waals surface area (Å²) in [5.41, 5.74) is 4.99. The summed E-state index contributed by atoms with van der Waals surface area (Å²) in [5, 5.41) is 2.86. The monoisotopic (exact) mass is 85.1 g/mol. The van der Waals surface area contributed by atoms with Crippen LogP contribution in [0.3, 0.4) is 0 Å². The summed E-state index contributed by atoms with van der Waals surface area (Å²) in [4.78, 5) is 0. The van der Waals surface area contributed by atoms with Crippen molar-refractivity contribution < 1.29 is 0 Å². The molecule has 0 fully saturated rings. The highest BCUT2D eigenvalue weighted by molar-refractivity contribution is 6.27. The number of hydrogen-bond donors (Lipinski definition) is 2. The molecule has 0 saturated carbocycles. The van der Waals surface area contributed by atoms with Crippen LogP contribution in [-0.4, -0.2) is 13.6 Å². The number of rotatable bonds is 2. The van der Waals surface area contributed by atoms with E-state index in [-0.39, 0.29) is 0 Å². The van der Waals surface area contributed by atoms with E-state index < -0.39 is 0 Å². The highest BCUT2D eigenvalue weighted by Crippen LogP contribution is 1.67. The third-order valence-corrected chi connectivity index (χ3v) is 0.430. The lowest BCUT2D eigenvalue weighted by Crippen LogP contribution is -2.32. The standard InChI is InChI=1S/C3H10BN2/c1-3(2)6-4-5/h3,6H,5H2,1-2H3. The molecule has 0 rings (SSSR count). The Morgan fingerprint density at radius 3 is 2.17 bits per heavy atom. The zero-order valence-electron chi connectivity index (χ0n) is 4.23. The molecule has 0 unspecified atom stereocenters. The second-order valence-corrected chi connectivity index (χ2v) is 1.49. The minimum Gasteiger partial charge on any atom is -0.360 e. The summed E-state index contributed by atoms with van der Waals surface area (Å²) < 4.78 is 0. The lowest BCUT2D eigenvalue weighted by atomic mass is 10.2. The molecular formula is C3H10BN2. The van der Waals surface area contributed by atoms with Gasteiger partial charge in [0.1, 0.15) is 0 Å². The molecule has 0 atom stereocenters. The quantitative estimate of drug-likeness (QED) is 0.442. The van der Waals surface area contributed by atoms with Gasteiger partial charge in [-0.3, -0.25) is 0 Å². The van der Waals surface area contributed by atoms with E-state index in [1.54, 1.807) is 0 Å². The van der Waals surface area contributed by atoms with Gasteiger partial charge in [0.25, 0.3) is 0 Å². The van der Waals surface area contributed by atoms with Crippen LogP contribution < -0.4 is 10.9 Å². The molecule has 0 aromatic heterocycles. The summed E-state index contributed by atoms with van der Waals surface area (Å²) in [6, 6.07) is 0.468. The number of nitrogens with one attached hydrogen (secondary N) is 1. The second-order valence-electron chi connectivity index (χ2n) is 1.49. The van der Waals surface area contributed by atoms with Gasteiger partial charge in [0.15, 0.2) is 0 Å². The molecule has 3 heteroatoms. The number of nitrogens with two attached hydrogens (primary N) is 1. The summed E-state index contributed by atoms with van der Waals surface area (Å²) in [7, 11) is 1.45. The van der Waals surface area contributed by atoms with Gasteiger partial charge in [0, 0.05) is 0 Å². The van der Waals surface area contributed by atoms with Crippen LogP contribution in [0.5, 0.6) is 0 Å². The van der Waals surface area contributed by atoms with Gasteiger partial charge in [0.2, 0.25) is 0 Å². The Bertz CT molecular complexity index is 30.0. The first kappa shape index (κ1) is 5.98. The molecule has 0 aromatic carbocycles. The Morgan fingerprint density at radius 1 is 1.67 bits per heavy atom. The van der Waals surface area contributed by atoms with Gasteiger partial charge in [-0.1, -0.05) is 13.8 Å². The first-order valence-corrected chi connectivity index (χ1v) is 2.07. The molecule has 1 radical (unpaired) electrons. The SMILES string of the molecule is CC(C)N[B]N. The molecule has 0 bridgehead atoms. The van der Waals surface area contributed by atoms with E-state index in [2.05, 4.69) is 5.23 Å². The molecule has 0 aliphatic carbocycles. The van der Waals surface area contributed by atoms with Crippen molar-refractivity contribution in [3.63, 3.8) is 0 Å². The summed E-state index contributed by atoms with van der Waals surface area (Å²) in [6.45, 7) is 4.06. The Labute approximate surface area is 39.4 Å². The van der Waals surface area contributed by atoms with Crippen molar-refractivity contribution in [2.45, 2.75) is 19.9 Å². The van der Waals surface area contributed by atoms with Gasteiger partial charge >= 0.3 is 7.55 Å². The average molecular weight is 84.9 g/mol. The maximum absolute atomic E-state index is 4.99. The summed E-state index contributed by atoms with van der Waals surface area (Å²) in [6.07, 6.45) is 0. The molecule has 0 amide bonds. The predicted octanol–water partition coefficient (Wildman–Crippen LogP) is -0.523. The topological polar surface area (TPSA) is 38.0 Å². The molecular weight excluding hydrogens is 74.9 g/mol. The van der Waals surface area contributed by atoms with Crippen LogP contribution in [0.15, 0.2) is 0 Å². The van der Waals surface area contributed by atoms with Crippen molar-refractivity contribution in [3.05, 3.63) is 0 Å². The van der Waals surface area contributed by atoms with Crippen LogP contribution in [0.25, 0.3) is 0 Å². The highest BCUT2D eigenvalue weighted by atomic mass is 14.8. The first-order chi connectivity index (χ1) is 2.77. The van der Waals surface area contributed by atoms with Crippen LogP contribution in [0.4, 0.5) is 0 Å². The van der Waals surface area contributed by atoms with Crippen molar-refractivity contribution in [2.24, 2.45) is 5.64 Å². The van der Waals surface area contributed by atoms with E-state index in [0.29, 0.717) is 6.04 Å². The van der Waals surface area contributed by atoms with Gasteiger partial charge in [-0.2, -0.15) is 0 Å². The molecule has 0 heterocycles. The van der Waals surface area contributed by atoms with Crippen LogP contribution >= 0.6 is 0 Å². The van der Waals surface area contributed by atoms with E-state index in [1.807, 2.05) is 13.8 Å². The molecule has 0 aliphatic heterocycles. The highest BCUT2D eigenvalue weighted by Gasteiger charge is 1.84. The fourth-order valence-electron chi connectivity index (χ4n) is 0.192. The zero-order chi connectivity index (χ0) is 4.99. The van der Waals surface area contributed by atoms with Crippen LogP contribution in [0, 0.1) is 0 Å². The molecule has 0 aliphatic rings. The number of hydrogen-bond acceptors (Lipinski definition) is 2. The van der Waals surface area contributed by atoms with Gasteiger partial charge in [0.05, 0.1) is 0 Å². The average Bonchev–Trinajstić information content (AvgIpc) is 1.35. The molecule has 35 valence electrons. The van der Waals surface area contributed by atoms with Crippen LogP contribution in [-0.2, 0) is 0 Å². The Balaban J connectivity index is 2.63. The predicted molar refractivity (Wildman–Crippen MR) is 28.2 cm³/mol. The first-order valence-electron chi connectivity index (χ1n) is 2.07. The summed E-state index contributed by atoms with van der Waals surface area (Å²) in [5.74, 6) is 0. The van der Waals surface area contributed by atoms with E-state index in [4.69, 9.17) is 5.64 Å². The van der Waals surface area contributed by atoms with Gasteiger partial charge in [-0.05, 0) is 6.04 Å². The third kappa shape index (κ3) is 3.98. The van der Waals surface area contributed by atoms with Gasteiger partial charge in [-0.15, -0.1) is 0 Å². The van der Waals surface area contributed by atoms with Gasteiger partial charge in [-0.25, -0.2) is 0 Å². The zero-order valence-corrected chi connectivity index (χ0v) is 4.23. The van der Waals surface area contributed by atoms with Gasteiger partial charge < -0.3 is 10.9 Å². The van der Waals surface area contributed by atoms with Crippen molar-refractivity contribution >= 4 is 7.55 Å². The third-order valence-electron chi connectivity index (χ3n) is 0.430. The van der Waals surface area contributed by atoms with E-state index >= 15 is 0 Å². The smallest absolute Gasteiger partial charge is 0.304 e. The molecule has 2 nitrogen and oxygen atoms in total. The van der Waals surface area contributed by atoms with Crippen molar-refractivity contribution in [2.75, 3.05) is 0 Å². The van der Waals surface area contributed by atoms with Crippen molar-refractivity contribution in [1.82, 2.24) is 5.23 Å². The Hall–Kier alpha value is -0.0151. The lowest BCUT2D eigenvalue weighted by Gasteiger charge is -1.99. The Morgan fingerprint density at radius 2 is 2.17 bits per heavy atom. The Kier molecular flexibility index (Phi) is 3.18. The van der Waals surface area contributed by atoms with Crippen LogP contribution in [0.2, 0.25) is 0 Å². The maximum Gasteiger partial charge on any atom is 0.304 e. The summed E-state index contributed by atoms with van der Waals surface area (Å²) >= 11 is 0. The van der Waals surface area contributed by atoms with E-state index in [0.717, 1.165) is 0 Å². The van der Waals surface area contributed by atoms with Crippen molar-refractivity contribution in [1.29, 1.82) is 0 Å². The normalized spacial score (nSPS) is 9.33. The molecule has 3 N–H and O–H groups in total. The maximum atomic E-state index is 4.99. The molecule has 0 spiro atoms. The minimum absolute atomic E-state index is 0.468. The minimum atomic E-state index is 0.468. The van der Waals surface area contributed by atoms with Crippen molar-refractivity contribution in [3.8, 4) is 0 Å². The molecule has 6 heavy (non-hydrogen) atoms. The second kappa shape index (κ2) is 3.19.